The topological polar surface area (TPSA) is 32.3 Å². The van der Waals surface area contributed by atoms with Crippen molar-refractivity contribution in [2.24, 2.45) is 0 Å². The average Bonchev–Trinajstić information content (AvgIpc) is 2.76. The molecule has 17 heavy (non-hydrogen) atoms. The van der Waals surface area contributed by atoms with Crippen LogP contribution in [0.2, 0.25) is 0 Å². The molecular weight excluding hydrogens is 298 g/mol. The molecule has 2 rings (SSSR count). The lowest BCUT2D eigenvalue weighted by atomic mass is 10.2. The third-order valence-corrected chi connectivity index (χ3v) is 4.32. The predicted octanol–water partition coefficient (Wildman–Crippen LogP) is 4.18. The molecule has 1 aromatic carbocycles. The van der Waals surface area contributed by atoms with E-state index in [1.54, 1.807) is 11.3 Å². The Bertz CT molecular complexity index is 498. The second kappa shape index (κ2) is 5.67. The summed E-state index contributed by atoms with van der Waals surface area (Å²) in [4.78, 5) is 1.28. The Kier molecular flexibility index (Phi) is 4.20. The van der Waals surface area contributed by atoms with Crippen LogP contribution in [0.25, 0.3) is 0 Å². The first-order valence-corrected chi connectivity index (χ1v) is 7.01. The van der Waals surface area contributed by atoms with Gasteiger partial charge in [-0.3, -0.25) is 0 Å². The van der Waals surface area contributed by atoms with Crippen molar-refractivity contribution in [3.8, 4) is 0 Å². The Hall–Kier alpha value is -0.840. The predicted molar refractivity (Wildman–Crippen MR) is 76.4 cm³/mol. The number of aliphatic hydroxyl groups excluding tert-OH is 1. The molecule has 2 N–H and O–H groups in total. The van der Waals surface area contributed by atoms with Crippen molar-refractivity contribution in [3.63, 3.8) is 0 Å². The molecule has 1 unspecified atom stereocenters. The second-order valence-electron chi connectivity index (χ2n) is 3.87. The van der Waals surface area contributed by atoms with Crippen LogP contribution < -0.4 is 5.32 Å². The molecule has 4 heteroatoms. The van der Waals surface area contributed by atoms with E-state index in [1.807, 2.05) is 24.3 Å². The minimum absolute atomic E-state index is 0.0778. The number of thiophene rings is 1. The van der Waals surface area contributed by atoms with E-state index in [-0.39, 0.29) is 12.6 Å². The van der Waals surface area contributed by atoms with E-state index in [0.29, 0.717) is 0 Å². The Morgan fingerprint density at radius 1 is 1.35 bits per heavy atom. The van der Waals surface area contributed by atoms with Gasteiger partial charge in [0.2, 0.25) is 0 Å². The van der Waals surface area contributed by atoms with Gasteiger partial charge in [0.15, 0.2) is 0 Å². The van der Waals surface area contributed by atoms with E-state index < -0.39 is 0 Å². The minimum Gasteiger partial charge on any atom is -0.392 e. The molecule has 0 aliphatic heterocycles. The van der Waals surface area contributed by atoms with Crippen LogP contribution in [-0.2, 0) is 6.61 Å². The summed E-state index contributed by atoms with van der Waals surface area (Å²) in [5, 5.41) is 12.5. The Morgan fingerprint density at radius 2 is 2.18 bits per heavy atom. The van der Waals surface area contributed by atoms with Gasteiger partial charge in [-0.1, -0.05) is 12.1 Å². The van der Waals surface area contributed by atoms with Crippen molar-refractivity contribution in [1.29, 1.82) is 0 Å². The number of nitrogens with one attached hydrogen (secondary N) is 1. The van der Waals surface area contributed by atoms with Crippen molar-refractivity contribution in [2.45, 2.75) is 19.6 Å². The molecule has 0 saturated heterocycles. The van der Waals surface area contributed by atoms with E-state index >= 15 is 0 Å². The Morgan fingerprint density at radius 3 is 2.82 bits per heavy atom. The molecule has 0 fully saturated rings. The van der Waals surface area contributed by atoms with Gasteiger partial charge in [0.05, 0.1) is 16.4 Å². The molecule has 0 amide bonds. The highest BCUT2D eigenvalue weighted by atomic mass is 79.9. The second-order valence-corrected chi connectivity index (χ2v) is 6.36. The van der Waals surface area contributed by atoms with E-state index in [2.05, 4.69) is 40.3 Å². The largest absolute Gasteiger partial charge is 0.392 e. The van der Waals surface area contributed by atoms with Crippen molar-refractivity contribution < 1.29 is 5.11 Å². The third kappa shape index (κ3) is 3.31. The molecule has 0 radical (unpaired) electrons. The van der Waals surface area contributed by atoms with Crippen LogP contribution in [0, 0.1) is 0 Å². The zero-order valence-electron chi connectivity index (χ0n) is 9.48. The van der Waals surface area contributed by atoms with Gasteiger partial charge in [-0.25, -0.2) is 0 Å². The lowest BCUT2D eigenvalue weighted by Crippen LogP contribution is -2.04. The molecule has 0 spiro atoms. The van der Waals surface area contributed by atoms with Crippen LogP contribution in [0.4, 0.5) is 5.69 Å². The molecular formula is C13H14BrNOS. The maximum Gasteiger partial charge on any atom is 0.0702 e. The molecule has 2 aromatic rings. The number of rotatable bonds is 4. The van der Waals surface area contributed by atoms with E-state index in [0.717, 1.165) is 15.0 Å². The van der Waals surface area contributed by atoms with Crippen LogP contribution in [0.3, 0.4) is 0 Å². The first-order valence-electron chi connectivity index (χ1n) is 5.40. The quantitative estimate of drug-likeness (QED) is 0.888. The summed E-state index contributed by atoms with van der Waals surface area (Å²) in [7, 11) is 0. The van der Waals surface area contributed by atoms with Crippen molar-refractivity contribution >= 4 is 33.0 Å². The van der Waals surface area contributed by atoms with Crippen molar-refractivity contribution in [1.82, 2.24) is 0 Å². The maximum atomic E-state index is 9.08. The van der Waals surface area contributed by atoms with Crippen LogP contribution in [0.15, 0.2) is 40.2 Å². The molecule has 0 saturated carbocycles. The van der Waals surface area contributed by atoms with Crippen LogP contribution in [0.5, 0.6) is 0 Å². The van der Waals surface area contributed by atoms with E-state index in [1.165, 1.54) is 4.88 Å². The van der Waals surface area contributed by atoms with Crippen LogP contribution in [-0.4, -0.2) is 5.11 Å². The van der Waals surface area contributed by atoms with Gasteiger partial charge >= 0.3 is 0 Å². The highest BCUT2D eigenvalue weighted by Crippen LogP contribution is 2.29. The van der Waals surface area contributed by atoms with Crippen LogP contribution in [0.1, 0.15) is 23.4 Å². The maximum absolute atomic E-state index is 9.08. The fourth-order valence-corrected chi connectivity index (χ4v) is 3.07. The fourth-order valence-electron chi connectivity index (χ4n) is 1.64. The molecule has 2 nitrogen and oxygen atoms in total. The van der Waals surface area contributed by atoms with Gasteiger partial charge in [-0.05, 0) is 52.7 Å². The molecule has 0 bridgehead atoms. The summed E-state index contributed by atoms with van der Waals surface area (Å²) in [5.41, 5.74) is 1.96. The van der Waals surface area contributed by atoms with Crippen LogP contribution >= 0.6 is 27.3 Å². The van der Waals surface area contributed by atoms with E-state index in [4.69, 9.17) is 5.11 Å². The van der Waals surface area contributed by atoms with Crippen molar-refractivity contribution in [3.05, 3.63) is 50.6 Å². The first kappa shape index (κ1) is 12.6. The Balaban J connectivity index is 2.09. The molecule has 1 heterocycles. The molecule has 0 aliphatic carbocycles. The highest BCUT2D eigenvalue weighted by Gasteiger charge is 2.07. The van der Waals surface area contributed by atoms with Gasteiger partial charge < -0.3 is 10.4 Å². The average molecular weight is 312 g/mol. The number of aliphatic hydroxyl groups is 1. The number of anilines is 1. The van der Waals surface area contributed by atoms with E-state index in [9.17, 15) is 0 Å². The van der Waals surface area contributed by atoms with Crippen molar-refractivity contribution in [2.75, 3.05) is 5.32 Å². The fraction of sp³-hybridized carbons (Fsp3) is 0.231. The molecule has 0 aliphatic rings. The van der Waals surface area contributed by atoms with Gasteiger partial charge in [0.1, 0.15) is 0 Å². The van der Waals surface area contributed by atoms with Gasteiger partial charge in [0.25, 0.3) is 0 Å². The summed E-state index contributed by atoms with van der Waals surface area (Å²) >= 11 is 5.20. The third-order valence-electron chi connectivity index (χ3n) is 2.51. The SMILES string of the molecule is CC(Nc1cccc(CO)c1)c1ccc(Br)s1. The number of benzene rings is 1. The standard InChI is InChI=1S/C13H14BrNOS/c1-9(12-5-6-13(14)17-12)15-11-4-2-3-10(7-11)8-16/h2-7,9,15-16H,8H2,1H3. The minimum atomic E-state index is 0.0778. The summed E-state index contributed by atoms with van der Waals surface area (Å²) in [6.45, 7) is 2.21. The number of hydrogen-bond donors (Lipinski definition) is 2. The Labute approximate surface area is 113 Å². The van der Waals surface area contributed by atoms with Gasteiger partial charge in [-0.2, -0.15) is 0 Å². The normalized spacial score (nSPS) is 12.4. The smallest absolute Gasteiger partial charge is 0.0702 e. The number of hydrogen-bond acceptors (Lipinski definition) is 3. The monoisotopic (exact) mass is 311 g/mol. The number of halogens is 1. The van der Waals surface area contributed by atoms with Gasteiger partial charge in [-0.15, -0.1) is 11.3 Å². The first-order chi connectivity index (χ1) is 8.19. The lowest BCUT2D eigenvalue weighted by molar-refractivity contribution is 0.282. The molecule has 1 aromatic heterocycles. The zero-order valence-corrected chi connectivity index (χ0v) is 11.9. The summed E-state index contributed by atoms with van der Waals surface area (Å²) < 4.78 is 1.14. The summed E-state index contributed by atoms with van der Waals surface area (Å²) in [6.07, 6.45) is 0. The molecule has 1 atom stereocenters. The summed E-state index contributed by atoms with van der Waals surface area (Å²) in [5.74, 6) is 0. The lowest BCUT2D eigenvalue weighted by Gasteiger charge is -2.14. The van der Waals surface area contributed by atoms with Gasteiger partial charge in [0, 0.05) is 10.6 Å². The summed E-state index contributed by atoms with van der Waals surface area (Å²) in [6, 6.07) is 12.3. The highest BCUT2D eigenvalue weighted by molar-refractivity contribution is 9.11. The molecule has 90 valence electrons. The zero-order chi connectivity index (χ0) is 12.3.